The average Bonchev–Trinajstić information content (AvgIpc) is 3.12. The van der Waals surface area contributed by atoms with Crippen LogP contribution in [-0.2, 0) is 6.42 Å². The van der Waals surface area contributed by atoms with Crippen LogP contribution in [0, 0.1) is 5.41 Å². The normalized spacial score (nSPS) is 17.7. The summed E-state index contributed by atoms with van der Waals surface area (Å²) in [5.74, 6) is 0.964. The van der Waals surface area contributed by atoms with Crippen molar-refractivity contribution in [3.8, 4) is 0 Å². The molecule has 1 aliphatic carbocycles. The van der Waals surface area contributed by atoms with Crippen molar-refractivity contribution >= 4 is 27.4 Å². The number of rotatable bonds is 5. The van der Waals surface area contributed by atoms with Crippen molar-refractivity contribution in [2.75, 3.05) is 18.4 Å². The number of fused-ring (bicyclic) bond motifs is 1. The Morgan fingerprint density at radius 3 is 2.85 bits per heavy atom. The molecule has 1 aliphatic rings. The molecule has 5 heteroatoms. The Bertz CT molecular complexity index is 587. The van der Waals surface area contributed by atoms with Gasteiger partial charge in [0, 0.05) is 11.4 Å². The smallest absolute Gasteiger partial charge is 0.138 e. The van der Waals surface area contributed by atoms with Gasteiger partial charge in [0.25, 0.3) is 0 Å². The minimum absolute atomic E-state index is 0.265. The van der Waals surface area contributed by atoms with Gasteiger partial charge < -0.3 is 11.1 Å². The van der Waals surface area contributed by atoms with Crippen molar-refractivity contribution in [1.82, 2.24) is 9.97 Å². The molecule has 0 unspecified atom stereocenters. The van der Waals surface area contributed by atoms with E-state index in [-0.39, 0.29) is 5.41 Å². The predicted octanol–water partition coefficient (Wildman–Crippen LogP) is 3.18. The van der Waals surface area contributed by atoms with Crippen LogP contribution in [0.3, 0.4) is 0 Å². The van der Waals surface area contributed by atoms with Gasteiger partial charge in [-0.3, -0.25) is 0 Å². The Morgan fingerprint density at radius 2 is 2.15 bits per heavy atom. The van der Waals surface area contributed by atoms with Gasteiger partial charge in [-0.15, -0.1) is 11.3 Å². The first-order chi connectivity index (χ1) is 9.76. The van der Waals surface area contributed by atoms with Gasteiger partial charge in [-0.05, 0) is 37.3 Å². The highest BCUT2D eigenvalue weighted by molar-refractivity contribution is 7.18. The summed E-state index contributed by atoms with van der Waals surface area (Å²) in [7, 11) is 0. The van der Waals surface area contributed by atoms with Gasteiger partial charge in [0.15, 0.2) is 0 Å². The number of thiophene rings is 1. The Kier molecular flexibility index (Phi) is 3.89. The van der Waals surface area contributed by atoms with Crippen molar-refractivity contribution in [3.05, 3.63) is 17.3 Å². The van der Waals surface area contributed by atoms with Crippen LogP contribution >= 0.6 is 11.3 Å². The number of nitrogens with two attached hydrogens (primary N) is 1. The summed E-state index contributed by atoms with van der Waals surface area (Å²) < 4.78 is 0. The van der Waals surface area contributed by atoms with Gasteiger partial charge in [0.1, 0.15) is 17.0 Å². The zero-order valence-corrected chi connectivity index (χ0v) is 12.8. The van der Waals surface area contributed by atoms with Gasteiger partial charge in [-0.2, -0.15) is 0 Å². The quantitative estimate of drug-likeness (QED) is 0.887. The van der Waals surface area contributed by atoms with Gasteiger partial charge >= 0.3 is 0 Å². The van der Waals surface area contributed by atoms with Gasteiger partial charge in [-0.1, -0.05) is 19.8 Å². The molecule has 108 valence electrons. The van der Waals surface area contributed by atoms with Crippen LogP contribution in [0.25, 0.3) is 10.2 Å². The van der Waals surface area contributed by atoms with Crippen LogP contribution in [0.15, 0.2) is 12.4 Å². The molecule has 1 fully saturated rings. The first-order valence-electron chi connectivity index (χ1n) is 7.44. The number of hydrogen-bond donors (Lipinski definition) is 2. The summed E-state index contributed by atoms with van der Waals surface area (Å²) in [6.45, 7) is 3.86. The lowest BCUT2D eigenvalue weighted by Crippen LogP contribution is -2.34. The largest absolute Gasteiger partial charge is 0.369 e. The Labute approximate surface area is 123 Å². The standard InChI is InChI=1S/C15H22N4S/c1-2-11-7-12-13(18-10-19-14(12)20-11)17-9-15(8-16)5-3-4-6-15/h7,10H,2-6,8-9,16H2,1H3,(H,17,18,19). The Morgan fingerprint density at radius 1 is 1.35 bits per heavy atom. The third-order valence-corrected chi connectivity index (χ3v) is 5.64. The molecule has 3 rings (SSSR count). The maximum absolute atomic E-state index is 6.00. The maximum atomic E-state index is 6.00. The van der Waals surface area contributed by atoms with Crippen molar-refractivity contribution in [2.45, 2.75) is 39.0 Å². The summed E-state index contributed by atoms with van der Waals surface area (Å²) in [6.07, 6.45) is 7.77. The fourth-order valence-electron chi connectivity index (χ4n) is 3.07. The lowest BCUT2D eigenvalue weighted by Gasteiger charge is -2.27. The van der Waals surface area contributed by atoms with Gasteiger partial charge in [0.05, 0.1) is 5.39 Å². The van der Waals surface area contributed by atoms with E-state index < -0.39 is 0 Å². The molecule has 0 atom stereocenters. The molecule has 0 aliphatic heterocycles. The van der Waals surface area contributed by atoms with E-state index in [0.29, 0.717) is 0 Å². The molecule has 2 aromatic heterocycles. The summed E-state index contributed by atoms with van der Waals surface area (Å²) in [5.41, 5.74) is 6.27. The molecule has 2 aromatic rings. The van der Waals surface area contributed by atoms with E-state index in [4.69, 9.17) is 5.73 Å². The second-order valence-corrected chi connectivity index (χ2v) is 6.89. The minimum atomic E-state index is 0.265. The zero-order chi connectivity index (χ0) is 14.0. The molecule has 1 saturated carbocycles. The highest BCUT2D eigenvalue weighted by atomic mass is 32.1. The van der Waals surface area contributed by atoms with Gasteiger partial charge in [-0.25, -0.2) is 9.97 Å². The third kappa shape index (κ3) is 2.52. The molecule has 0 radical (unpaired) electrons. The molecule has 0 aromatic carbocycles. The van der Waals surface area contributed by atoms with E-state index in [1.54, 1.807) is 17.7 Å². The van der Waals surface area contributed by atoms with E-state index in [2.05, 4.69) is 28.3 Å². The SMILES string of the molecule is CCc1cc2c(NCC3(CN)CCCC3)ncnc2s1. The number of aryl methyl sites for hydroxylation is 1. The zero-order valence-electron chi connectivity index (χ0n) is 12.0. The molecule has 0 bridgehead atoms. The van der Waals surface area contributed by atoms with Crippen molar-refractivity contribution in [2.24, 2.45) is 11.1 Å². The lowest BCUT2D eigenvalue weighted by molar-refractivity contribution is 0.332. The monoisotopic (exact) mass is 290 g/mol. The highest BCUT2D eigenvalue weighted by Crippen LogP contribution is 2.37. The molecule has 0 amide bonds. The van der Waals surface area contributed by atoms with Crippen molar-refractivity contribution in [1.29, 1.82) is 0 Å². The number of anilines is 1. The van der Waals surface area contributed by atoms with E-state index in [0.717, 1.165) is 35.5 Å². The maximum Gasteiger partial charge on any atom is 0.138 e. The first kappa shape index (κ1) is 13.8. The summed E-state index contributed by atoms with van der Waals surface area (Å²) >= 11 is 1.76. The Hall–Kier alpha value is -1.20. The molecule has 3 N–H and O–H groups in total. The topological polar surface area (TPSA) is 63.8 Å². The average molecular weight is 290 g/mol. The van der Waals surface area contributed by atoms with E-state index in [1.807, 2.05) is 0 Å². The van der Waals surface area contributed by atoms with Crippen LogP contribution in [0.4, 0.5) is 5.82 Å². The number of hydrogen-bond acceptors (Lipinski definition) is 5. The van der Waals surface area contributed by atoms with Crippen LogP contribution in [-0.4, -0.2) is 23.1 Å². The molecular weight excluding hydrogens is 268 g/mol. The first-order valence-corrected chi connectivity index (χ1v) is 8.25. The number of nitrogens with one attached hydrogen (secondary N) is 1. The summed E-state index contributed by atoms with van der Waals surface area (Å²) in [6, 6.07) is 2.21. The van der Waals surface area contributed by atoms with Crippen LogP contribution in [0.5, 0.6) is 0 Å². The number of aromatic nitrogens is 2. The van der Waals surface area contributed by atoms with Crippen molar-refractivity contribution in [3.63, 3.8) is 0 Å². The van der Waals surface area contributed by atoms with Crippen LogP contribution < -0.4 is 11.1 Å². The number of nitrogens with zero attached hydrogens (tertiary/aromatic N) is 2. The molecule has 2 heterocycles. The Balaban J connectivity index is 1.81. The third-order valence-electron chi connectivity index (χ3n) is 4.46. The minimum Gasteiger partial charge on any atom is -0.369 e. The van der Waals surface area contributed by atoms with E-state index in [9.17, 15) is 0 Å². The van der Waals surface area contributed by atoms with Crippen LogP contribution in [0.2, 0.25) is 0 Å². The fraction of sp³-hybridized carbons (Fsp3) is 0.600. The predicted molar refractivity (Wildman–Crippen MR) is 85.2 cm³/mol. The summed E-state index contributed by atoms with van der Waals surface area (Å²) in [5, 5.41) is 4.69. The molecule has 0 spiro atoms. The molecule has 4 nitrogen and oxygen atoms in total. The van der Waals surface area contributed by atoms with E-state index >= 15 is 0 Å². The van der Waals surface area contributed by atoms with Crippen molar-refractivity contribution < 1.29 is 0 Å². The van der Waals surface area contributed by atoms with E-state index in [1.165, 1.54) is 30.6 Å². The molecule has 0 saturated heterocycles. The summed E-state index contributed by atoms with van der Waals surface area (Å²) in [4.78, 5) is 11.2. The fourth-order valence-corrected chi connectivity index (χ4v) is 4.00. The molecular formula is C15H22N4S. The highest BCUT2D eigenvalue weighted by Gasteiger charge is 2.32. The van der Waals surface area contributed by atoms with Crippen LogP contribution in [0.1, 0.15) is 37.5 Å². The van der Waals surface area contributed by atoms with Gasteiger partial charge in [0.2, 0.25) is 0 Å². The molecule has 20 heavy (non-hydrogen) atoms. The second-order valence-electron chi connectivity index (χ2n) is 5.77. The lowest BCUT2D eigenvalue weighted by atomic mass is 9.86. The second kappa shape index (κ2) is 5.66.